The molecule has 0 aliphatic heterocycles. The fourth-order valence-corrected chi connectivity index (χ4v) is 4.06. The number of hydrogen-bond acceptors (Lipinski definition) is 4. The van der Waals surface area contributed by atoms with E-state index in [0.29, 0.717) is 23.1 Å². The summed E-state index contributed by atoms with van der Waals surface area (Å²) >= 11 is 0. The molecule has 0 spiro atoms. The number of benzene rings is 1. The Morgan fingerprint density at radius 1 is 1.10 bits per heavy atom. The normalized spacial score (nSPS) is 19.8. The van der Waals surface area contributed by atoms with Crippen molar-refractivity contribution in [3.05, 3.63) is 59.9 Å². The van der Waals surface area contributed by atoms with Crippen LogP contribution >= 0.6 is 0 Å². The molecule has 6 nitrogen and oxygen atoms in total. The van der Waals surface area contributed by atoms with Crippen LogP contribution in [-0.4, -0.2) is 30.5 Å². The van der Waals surface area contributed by atoms with Gasteiger partial charge in [0.15, 0.2) is 0 Å². The maximum Gasteiger partial charge on any atom is 0.255 e. The Morgan fingerprint density at radius 2 is 1.83 bits per heavy atom. The molecule has 1 saturated carbocycles. The van der Waals surface area contributed by atoms with E-state index in [1.165, 1.54) is 0 Å². The lowest BCUT2D eigenvalue weighted by Crippen LogP contribution is -2.37. The summed E-state index contributed by atoms with van der Waals surface area (Å²) in [4.78, 5) is 28.7. The molecule has 2 amide bonds. The Hall–Kier alpha value is -2.89. The van der Waals surface area contributed by atoms with Crippen molar-refractivity contribution in [1.29, 1.82) is 0 Å². The molecular weight excluding hydrogens is 366 g/mol. The Morgan fingerprint density at radius 3 is 2.48 bits per heavy atom. The van der Waals surface area contributed by atoms with Gasteiger partial charge in [-0.2, -0.15) is 0 Å². The summed E-state index contributed by atoms with van der Waals surface area (Å²) in [5, 5.41) is 6.13. The Kier molecular flexibility index (Phi) is 7.22. The highest BCUT2D eigenvalue weighted by Gasteiger charge is 2.31. The molecule has 154 valence electrons. The second kappa shape index (κ2) is 10.0. The Bertz CT molecular complexity index is 817. The van der Waals surface area contributed by atoms with Crippen LogP contribution in [0.5, 0.6) is 5.75 Å². The number of amides is 2. The number of aromatic nitrogens is 1. The van der Waals surface area contributed by atoms with E-state index in [-0.39, 0.29) is 17.9 Å². The predicted molar refractivity (Wildman–Crippen MR) is 112 cm³/mol. The third-order valence-corrected chi connectivity index (χ3v) is 5.65. The lowest BCUT2D eigenvalue weighted by molar-refractivity contribution is -0.119. The largest absolute Gasteiger partial charge is 0.496 e. The number of para-hydroxylation sites is 1. The van der Waals surface area contributed by atoms with Crippen LogP contribution in [0, 0.1) is 11.8 Å². The molecule has 0 saturated heterocycles. The average Bonchev–Trinajstić information content (AvgIpc) is 2.77. The first-order valence-corrected chi connectivity index (χ1v) is 10.2. The topological polar surface area (TPSA) is 80.3 Å². The highest BCUT2D eigenvalue weighted by molar-refractivity contribution is 5.97. The first kappa shape index (κ1) is 20.8. The van der Waals surface area contributed by atoms with Crippen molar-refractivity contribution in [2.45, 2.75) is 38.6 Å². The van der Waals surface area contributed by atoms with Gasteiger partial charge in [-0.1, -0.05) is 18.2 Å². The lowest BCUT2D eigenvalue weighted by Gasteiger charge is -2.34. The highest BCUT2D eigenvalue weighted by Crippen LogP contribution is 2.36. The van der Waals surface area contributed by atoms with Crippen molar-refractivity contribution < 1.29 is 14.3 Å². The standard InChI is InChI=1S/C23H29N3O3/c1-16(27)25-15-17-10-12-18(13-11-17)22(20-8-5-6-14-24-20)26-23(28)19-7-3-4-9-21(19)29-2/h3-9,14,17-18,22H,10-13,15H2,1-2H3,(H,25,27)(H,26,28). The number of hydrogen-bond donors (Lipinski definition) is 2. The van der Waals surface area contributed by atoms with Gasteiger partial charge in [-0.25, -0.2) is 0 Å². The van der Waals surface area contributed by atoms with Gasteiger partial charge in [0, 0.05) is 19.7 Å². The van der Waals surface area contributed by atoms with Gasteiger partial charge in [-0.05, 0) is 61.8 Å². The van der Waals surface area contributed by atoms with Crippen LogP contribution in [0.1, 0.15) is 54.7 Å². The molecule has 2 aromatic rings. The van der Waals surface area contributed by atoms with Crippen molar-refractivity contribution in [3.63, 3.8) is 0 Å². The van der Waals surface area contributed by atoms with Crippen LogP contribution in [0.25, 0.3) is 0 Å². The minimum Gasteiger partial charge on any atom is -0.496 e. The summed E-state index contributed by atoms with van der Waals surface area (Å²) in [6.45, 7) is 2.28. The third-order valence-electron chi connectivity index (χ3n) is 5.65. The zero-order valence-electron chi connectivity index (χ0n) is 17.1. The van der Waals surface area contributed by atoms with Gasteiger partial charge in [0.1, 0.15) is 5.75 Å². The fourth-order valence-electron chi connectivity index (χ4n) is 4.06. The van der Waals surface area contributed by atoms with Crippen LogP contribution in [0.4, 0.5) is 0 Å². The van der Waals surface area contributed by atoms with Gasteiger partial charge in [0.25, 0.3) is 5.91 Å². The SMILES string of the molecule is COc1ccccc1C(=O)NC(c1ccccn1)C1CCC(CNC(C)=O)CC1. The molecule has 3 rings (SSSR count). The molecule has 1 unspecified atom stereocenters. The van der Waals surface area contributed by atoms with Gasteiger partial charge in [-0.15, -0.1) is 0 Å². The van der Waals surface area contributed by atoms with Gasteiger partial charge in [-0.3, -0.25) is 14.6 Å². The summed E-state index contributed by atoms with van der Waals surface area (Å²) in [6, 6.07) is 12.9. The van der Waals surface area contributed by atoms with Gasteiger partial charge >= 0.3 is 0 Å². The first-order chi connectivity index (χ1) is 14.1. The zero-order valence-corrected chi connectivity index (χ0v) is 17.1. The molecule has 1 aromatic heterocycles. The Balaban J connectivity index is 1.73. The molecule has 29 heavy (non-hydrogen) atoms. The van der Waals surface area contributed by atoms with Gasteiger partial charge in [0.05, 0.1) is 24.4 Å². The van der Waals surface area contributed by atoms with E-state index in [2.05, 4.69) is 15.6 Å². The summed E-state index contributed by atoms with van der Waals surface area (Å²) in [7, 11) is 1.57. The molecule has 1 aromatic carbocycles. The quantitative estimate of drug-likeness (QED) is 0.752. The molecule has 1 aliphatic carbocycles. The molecule has 1 aliphatic rings. The van der Waals surface area contributed by atoms with E-state index >= 15 is 0 Å². The summed E-state index contributed by atoms with van der Waals surface area (Å²) < 4.78 is 5.35. The fraction of sp³-hybridized carbons (Fsp3) is 0.435. The molecule has 2 N–H and O–H groups in total. The highest BCUT2D eigenvalue weighted by atomic mass is 16.5. The summed E-state index contributed by atoms with van der Waals surface area (Å²) in [5.41, 5.74) is 1.40. The van der Waals surface area contributed by atoms with Crippen LogP contribution in [0.2, 0.25) is 0 Å². The lowest BCUT2D eigenvalue weighted by atomic mass is 9.77. The number of ether oxygens (including phenoxy) is 1. The van der Waals surface area contributed by atoms with Crippen molar-refractivity contribution >= 4 is 11.8 Å². The van der Waals surface area contributed by atoms with Crippen LogP contribution < -0.4 is 15.4 Å². The van der Waals surface area contributed by atoms with E-state index < -0.39 is 0 Å². The minimum absolute atomic E-state index is 0.0163. The summed E-state index contributed by atoms with van der Waals surface area (Å²) in [6.07, 6.45) is 5.78. The number of rotatable bonds is 7. The number of methoxy groups -OCH3 is 1. The second-order valence-electron chi connectivity index (χ2n) is 7.62. The number of nitrogens with one attached hydrogen (secondary N) is 2. The molecule has 1 fully saturated rings. The van der Waals surface area contributed by atoms with Crippen molar-refractivity contribution in [2.75, 3.05) is 13.7 Å². The van der Waals surface area contributed by atoms with E-state index in [4.69, 9.17) is 4.74 Å². The van der Waals surface area contributed by atoms with Gasteiger partial charge < -0.3 is 15.4 Å². The van der Waals surface area contributed by atoms with E-state index in [1.54, 1.807) is 32.4 Å². The average molecular weight is 396 g/mol. The molecule has 1 atom stereocenters. The number of carbonyl (C=O) groups excluding carboxylic acids is 2. The molecule has 0 bridgehead atoms. The smallest absolute Gasteiger partial charge is 0.255 e. The van der Waals surface area contributed by atoms with Crippen LogP contribution in [0.3, 0.4) is 0 Å². The van der Waals surface area contributed by atoms with Crippen LogP contribution in [0.15, 0.2) is 48.7 Å². The number of carbonyl (C=O) groups is 2. The van der Waals surface area contributed by atoms with E-state index in [0.717, 1.165) is 37.9 Å². The van der Waals surface area contributed by atoms with Crippen LogP contribution in [-0.2, 0) is 4.79 Å². The maximum atomic E-state index is 13.0. The molecule has 1 heterocycles. The molecular formula is C23H29N3O3. The third kappa shape index (κ3) is 5.56. The molecule has 6 heteroatoms. The number of pyridine rings is 1. The van der Waals surface area contributed by atoms with Crippen molar-refractivity contribution in [2.24, 2.45) is 11.8 Å². The van der Waals surface area contributed by atoms with E-state index in [1.807, 2.05) is 30.3 Å². The first-order valence-electron chi connectivity index (χ1n) is 10.2. The number of nitrogens with zero attached hydrogens (tertiary/aromatic N) is 1. The zero-order chi connectivity index (χ0) is 20.6. The summed E-state index contributed by atoms with van der Waals surface area (Å²) in [5.74, 6) is 1.21. The van der Waals surface area contributed by atoms with Crippen molar-refractivity contribution in [1.82, 2.24) is 15.6 Å². The molecule has 0 radical (unpaired) electrons. The monoisotopic (exact) mass is 395 g/mol. The minimum atomic E-state index is -0.157. The predicted octanol–water partition coefficient (Wildman–Crippen LogP) is 3.50. The van der Waals surface area contributed by atoms with Gasteiger partial charge in [0.2, 0.25) is 5.91 Å². The second-order valence-corrected chi connectivity index (χ2v) is 7.62. The Labute approximate surface area is 172 Å². The van der Waals surface area contributed by atoms with E-state index in [9.17, 15) is 9.59 Å². The van der Waals surface area contributed by atoms with Crippen molar-refractivity contribution in [3.8, 4) is 5.75 Å². The maximum absolute atomic E-state index is 13.0.